The van der Waals surface area contributed by atoms with Gasteiger partial charge in [0.05, 0.1) is 0 Å². The predicted molar refractivity (Wildman–Crippen MR) is 110 cm³/mol. The first kappa shape index (κ1) is 23.1. The van der Waals surface area contributed by atoms with Gasteiger partial charge in [-0.25, -0.2) is 0 Å². The van der Waals surface area contributed by atoms with Crippen LogP contribution >= 0.6 is 0 Å². The van der Waals surface area contributed by atoms with E-state index < -0.39 is 0 Å². The van der Waals surface area contributed by atoms with Crippen LogP contribution in [-0.4, -0.2) is 36.5 Å². The monoisotopic (exact) mass is 364 g/mol. The molecule has 0 atom stereocenters. The van der Waals surface area contributed by atoms with E-state index in [-0.39, 0.29) is 0 Å². The van der Waals surface area contributed by atoms with E-state index in [0.717, 1.165) is 39.4 Å². The molecule has 1 aromatic rings. The van der Waals surface area contributed by atoms with E-state index in [0.29, 0.717) is 0 Å². The topological polar surface area (TPSA) is 64.5 Å². The number of benzene rings is 1. The van der Waals surface area contributed by atoms with Crippen LogP contribution in [0.15, 0.2) is 24.3 Å². The van der Waals surface area contributed by atoms with Gasteiger partial charge >= 0.3 is 0 Å². The number of aliphatic hydroxyl groups excluding tert-OH is 2. The molecule has 4 heteroatoms. The lowest BCUT2D eigenvalue weighted by Gasteiger charge is -2.24. The fraction of sp³-hybridized carbons (Fsp3) is 0.727. The van der Waals surface area contributed by atoms with Crippen molar-refractivity contribution in [1.29, 1.82) is 0 Å². The minimum absolute atomic E-state index is 0.748. The lowest BCUT2D eigenvalue weighted by molar-refractivity contribution is 0.370. The summed E-state index contributed by atoms with van der Waals surface area (Å²) in [7, 11) is 2.00. The Labute approximate surface area is 160 Å². The Bertz CT molecular complexity index is 404. The molecule has 2 aliphatic rings. The zero-order valence-corrected chi connectivity index (χ0v) is 16.8. The summed E-state index contributed by atoms with van der Waals surface area (Å²) >= 11 is 0. The van der Waals surface area contributed by atoms with Crippen LogP contribution in [0.1, 0.15) is 75.3 Å². The minimum atomic E-state index is 0.748. The number of hydrogen-bond acceptors (Lipinski definition) is 4. The fourth-order valence-corrected chi connectivity index (χ4v) is 3.99. The van der Waals surface area contributed by atoms with E-state index in [4.69, 9.17) is 10.2 Å². The van der Waals surface area contributed by atoms with Gasteiger partial charge in [-0.3, -0.25) is 0 Å². The summed E-state index contributed by atoms with van der Waals surface area (Å²) in [5, 5.41) is 21.5. The molecule has 2 fully saturated rings. The van der Waals surface area contributed by atoms with Crippen molar-refractivity contribution in [2.75, 3.05) is 14.2 Å². The first-order valence-corrected chi connectivity index (χ1v) is 10.3. The van der Waals surface area contributed by atoms with Gasteiger partial charge in [0.25, 0.3) is 0 Å². The molecule has 150 valence electrons. The van der Waals surface area contributed by atoms with Crippen molar-refractivity contribution in [3.8, 4) is 0 Å². The van der Waals surface area contributed by atoms with Gasteiger partial charge in [0.1, 0.15) is 0 Å². The molecule has 3 rings (SSSR count). The van der Waals surface area contributed by atoms with Crippen molar-refractivity contribution in [3.63, 3.8) is 0 Å². The molecule has 0 aliphatic heterocycles. The molecule has 4 nitrogen and oxygen atoms in total. The summed E-state index contributed by atoms with van der Waals surface area (Å²) in [5.74, 6) is 0. The molecule has 26 heavy (non-hydrogen) atoms. The molecule has 0 amide bonds. The van der Waals surface area contributed by atoms with E-state index in [1.807, 2.05) is 0 Å². The minimum Gasteiger partial charge on any atom is -0.400 e. The third kappa shape index (κ3) is 9.13. The predicted octanol–water partition coefficient (Wildman–Crippen LogP) is 3.75. The van der Waals surface area contributed by atoms with Crippen LogP contribution in [0.5, 0.6) is 0 Å². The number of hydrogen-bond donors (Lipinski definition) is 4. The summed E-state index contributed by atoms with van der Waals surface area (Å²) in [6.07, 6.45) is 13.9. The van der Waals surface area contributed by atoms with Gasteiger partial charge < -0.3 is 20.8 Å². The molecule has 1 aromatic carbocycles. The third-order valence-corrected chi connectivity index (χ3v) is 5.39. The van der Waals surface area contributed by atoms with Crippen molar-refractivity contribution in [1.82, 2.24) is 10.6 Å². The number of rotatable bonds is 6. The smallest absolute Gasteiger partial charge is 0.0319 e. The van der Waals surface area contributed by atoms with Crippen LogP contribution in [0.2, 0.25) is 0 Å². The van der Waals surface area contributed by atoms with E-state index >= 15 is 0 Å². The van der Waals surface area contributed by atoms with Crippen LogP contribution in [0.25, 0.3) is 0 Å². The Morgan fingerprint density at radius 2 is 1.08 bits per heavy atom. The molecule has 2 saturated carbocycles. The summed E-state index contributed by atoms with van der Waals surface area (Å²) in [6.45, 7) is 2.06. The molecular formula is C22H40N2O2. The van der Waals surface area contributed by atoms with E-state index in [2.05, 4.69) is 34.9 Å². The number of nitrogens with one attached hydrogen (secondary N) is 2. The second-order valence-electron chi connectivity index (χ2n) is 7.25. The van der Waals surface area contributed by atoms with E-state index in [1.165, 1.54) is 75.3 Å². The van der Waals surface area contributed by atoms with Crippen LogP contribution in [0, 0.1) is 0 Å². The molecule has 0 aromatic heterocycles. The highest BCUT2D eigenvalue weighted by Crippen LogP contribution is 2.19. The van der Waals surface area contributed by atoms with Gasteiger partial charge in [0, 0.05) is 39.4 Å². The van der Waals surface area contributed by atoms with Crippen molar-refractivity contribution in [2.45, 2.75) is 89.4 Å². The summed E-state index contributed by atoms with van der Waals surface area (Å²) in [6, 6.07) is 10.6. The summed E-state index contributed by atoms with van der Waals surface area (Å²) in [4.78, 5) is 0. The standard InChI is InChI=1S/C20H32N2.2CH4O/c1-3-10-19(11-4-1)21-15-17-8-7-9-18(14-17)16-22-20-12-5-2-6-13-20;2*1-2/h7-9,14,19-22H,1-6,10-13,15-16H2;2*2H,1H3. The lowest BCUT2D eigenvalue weighted by Crippen LogP contribution is -2.31. The average Bonchev–Trinajstić information content (AvgIpc) is 2.75. The van der Waals surface area contributed by atoms with Crippen LogP contribution in [0.4, 0.5) is 0 Å². The first-order chi connectivity index (χ1) is 12.9. The van der Waals surface area contributed by atoms with Crippen molar-refractivity contribution >= 4 is 0 Å². The molecule has 0 unspecified atom stereocenters. The maximum atomic E-state index is 7.00. The Kier molecular flexibility index (Phi) is 13.5. The summed E-state index contributed by atoms with van der Waals surface area (Å²) in [5.41, 5.74) is 2.88. The van der Waals surface area contributed by atoms with Gasteiger partial charge in [-0.2, -0.15) is 0 Å². The third-order valence-electron chi connectivity index (χ3n) is 5.39. The molecule has 0 bridgehead atoms. The van der Waals surface area contributed by atoms with Gasteiger partial charge in [-0.1, -0.05) is 62.8 Å². The molecule has 0 saturated heterocycles. The quantitative estimate of drug-likeness (QED) is 0.621. The van der Waals surface area contributed by atoms with Crippen molar-refractivity contribution < 1.29 is 10.2 Å². The summed E-state index contributed by atoms with van der Waals surface area (Å²) < 4.78 is 0. The van der Waals surface area contributed by atoms with Crippen molar-refractivity contribution in [2.24, 2.45) is 0 Å². The zero-order valence-electron chi connectivity index (χ0n) is 16.8. The highest BCUT2D eigenvalue weighted by Gasteiger charge is 2.13. The normalized spacial score (nSPS) is 18.3. The highest BCUT2D eigenvalue weighted by atomic mass is 16.2. The Hall–Kier alpha value is -0.940. The van der Waals surface area contributed by atoms with E-state index in [9.17, 15) is 0 Å². The Balaban J connectivity index is 0.000000791. The SMILES string of the molecule is CO.CO.c1cc(CNC2CCCCC2)cc(CNC2CCCCC2)c1. The fourth-order valence-electron chi connectivity index (χ4n) is 3.99. The molecule has 2 aliphatic carbocycles. The molecule has 0 spiro atoms. The molecule has 0 radical (unpaired) electrons. The first-order valence-electron chi connectivity index (χ1n) is 10.3. The Morgan fingerprint density at radius 1 is 0.692 bits per heavy atom. The van der Waals surface area contributed by atoms with Gasteiger partial charge in [-0.15, -0.1) is 0 Å². The second kappa shape index (κ2) is 15.2. The maximum Gasteiger partial charge on any atom is 0.0319 e. The van der Waals surface area contributed by atoms with Crippen LogP contribution < -0.4 is 10.6 Å². The van der Waals surface area contributed by atoms with Gasteiger partial charge in [0.15, 0.2) is 0 Å². The van der Waals surface area contributed by atoms with Gasteiger partial charge in [-0.05, 0) is 36.8 Å². The average molecular weight is 365 g/mol. The van der Waals surface area contributed by atoms with Crippen LogP contribution in [-0.2, 0) is 13.1 Å². The zero-order chi connectivity index (χ0) is 19.0. The number of aliphatic hydroxyl groups is 2. The largest absolute Gasteiger partial charge is 0.400 e. The van der Waals surface area contributed by atoms with Crippen molar-refractivity contribution in [3.05, 3.63) is 35.4 Å². The molecule has 0 heterocycles. The second-order valence-corrected chi connectivity index (χ2v) is 7.25. The Morgan fingerprint density at radius 3 is 1.46 bits per heavy atom. The highest BCUT2D eigenvalue weighted by molar-refractivity contribution is 5.23. The lowest BCUT2D eigenvalue weighted by atomic mass is 9.95. The maximum absolute atomic E-state index is 7.00. The van der Waals surface area contributed by atoms with Gasteiger partial charge in [0.2, 0.25) is 0 Å². The molecule has 4 N–H and O–H groups in total. The molecular weight excluding hydrogens is 324 g/mol. The van der Waals surface area contributed by atoms with E-state index in [1.54, 1.807) is 0 Å². The van der Waals surface area contributed by atoms with Crippen LogP contribution in [0.3, 0.4) is 0 Å².